The van der Waals surface area contributed by atoms with E-state index >= 15 is 0 Å². The van der Waals surface area contributed by atoms with Gasteiger partial charge in [-0.2, -0.15) is 5.10 Å². The molecule has 3 heteroatoms. The SMILES string of the molecule is CC.Cc1ccc(Cl)c2cnn(C)c12. The average Bonchev–Trinajstić information content (AvgIpc) is 2.59. The lowest BCUT2D eigenvalue weighted by Crippen LogP contribution is -1.90. The molecular formula is C11H15ClN2. The van der Waals surface area contributed by atoms with Gasteiger partial charge in [-0.1, -0.05) is 31.5 Å². The van der Waals surface area contributed by atoms with Gasteiger partial charge in [0.05, 0.1) is 16.7 Å². The average molecular weight is 211 g/mol. The van der Waals surface area contributed by atoms with Crippen LogP contribution in [0.4, 0.5) is 0 Å². The number of fused-ring (bicyclic) bond motifs is 1. The Morgan fingerprint density at radius 2 is 1.93 bits per heavy atom. The van der Waals surface area contributed by atoms with Crippen molar-refractivity contribution in [1.29, 1.82) is 0 Å². The second-order valence-electron chi connectivity index (χ2n) is 2.89. The predicted octanol–water partition coefficient (Wildman–Crippen LogP) is 3.56. The van der Waals surface area contributed by atoms with E-state index in [0.717, 1.165) is 15.9 Å². The van der Waals surface area contributed by atoms with Crippen LogP contribution in [0.5, 0.6) is 0 Å². The van der Waals surface area contributed by atoms with Crippen LogP contribution in [0.1, 0.15) is 19.4 Å². The number of rotatable bonds is 0. The van der Waals surface area contributed by atoms with E-state index in [-0.39, 0.29) is 0 Å². The fraction of sp³-hybridized carbons (Fsp3) is 0.364. The van der Waals surface area contributed by atoms with Gasteiger partial charge >= 0.3 is 0 Å². The van der Waals surface area contributed by atoms with E-state index in [9.17, 15) is 0 Å². The molecule has 14 heavy (non-hydrogen) atoms. The molecule has 0 aliphatic heterocycles. The van der Waals surface area contributed by atoms with E-state index in [0.29, 0.717) is 0 Å². The summed E-state index contributed by atoms with van der Waals surface area (Å²) in [5.41, 5.74) is 2.32. The Kier molecular flexibility index (Phi) is 3.53. The summed E-state index contributed by atoms with van der Waals surface area (Å²) in [5.74, 6) is 0. The highest BCUT2D eigenvalue weighted by Crippen LogP contribution is 2.24. The highest BCUT2D eigenvalue weighted by molar-refractivity contribution is 6.35. The molecular weight excluding hydrogens is 196 g/mol. The number of nitrogens with zero attached hydrogens (tertiary/aromatic N) is 2. The molecule has 0 fully saturated rings. The summed E-state index contributed by atoms with van der Waals surface area (Å²) in [6.45, 7) is 6.06. The van der Waals surface area contributed by atoms with Crippen molar-refractivity contribution in [2.75, 3.05) is 0 Å². The highest BCUT2D eigenvalue weighted by atomic mass is 35.5. The number of hydrogen-bond acceptors (Lipinski definition) is 1. The van der Waals surface area contributed by atoms with Gasteiger partial charge in [0, 0.05) is 12.4 Å². The Labute approximate surface area is 89.5 Å². The maximum absolute atomic E-state index is 5.99. The summed E-state index contributed by atoms with van der Waals surface area (Å²) in [6, 6.07) is 3.91. The molecule has 2 nitrogen and oxygen atoms in total. The number of halogens is 1. The molecule has 0 unspecified atom stereocenters. The normalized spacial score (nSPS) is 9.79. The molecule has 0 aliphatic rings. The molecule has 0 saturated carbocycles. The van der Waals surface area contributed by atoms with Crippen LogP contribution in [0.3, 0.4) is 0 Å². The first-order valence-corrected chi connectivity index (χ1v) is 5.15. The lowest BCUT2D eigenvalue weighted by molar-refractivity contribution is 0.794. The zero-order chi connectivity index (χ0) is 10.7. The van der Waals surface area contributed by atoms with Crippen LogP contribution in [0.25, 0.3) is 10.9 Å². The topological polar surface area (TPSA) is 17.8 Å². The molecule has 0 N–H and O–H groups in total. The minimum atomic E-state index is 0.767. The molecule has 1 aromatic heterocycles. The maximum Gasteiger partial charge on any atom is 0.0723 e. The number of aromatic nitrogens is 2. The van der Waals surface area contributed by atoms with Crippen molar-refractivity contribution in [2.45, 2.75) is 20.8 Å². The quantitative estimate of drug-likeness (QED) is 0.650. The maximum atomic E-state index is 5.99. The summed E-state index contributed by atoms with van der Waals surface area (Å²) in [7, 11) is 1.92. The third-order valence-electron chi connectivity index (χ3n) is 2.05. The first-order valence-electron chi connectivity index (χ1n) is 4.77. The standard InChI is InChI=1S/C9H9ClN2.C2H6/c1-6-3-4-8(10)7-5-11-12(2)9(6)7;1-2/h3-5H,1-2H3;1-2H3. The first kappa shape index (κ1) is 11.1. The van der Waals surface area contributed by atoms with Gasteiger partial charge in [-0.05, 0) is 18.6 Å². The molecule has 0 radical (unpaired) electrons. The van der Waals surface area contributed by atoms with E-state index in [1.807, 2.05) is 37.7 Å². The number of aryl methyl sites for hydroxylation is 2. The Morgan fingerprint density at radius 1 is 1.29 bits per heavy atom. The van der Waals surface area contributed by atoms with Gasteiger partial charge in [-0.15, -0.1) is 0 Å². The molecule has 1 aromatic carbocycles. The third kappa shape index (κ3) is 1.75. The molecule has 76 valence electrons. The summed E-state index contributed by atoms with van der Waals surface area (Å²) in [5, 5.41) is 5.94. The minimum absolute atomic E-state index is 0.767. The second-order valence-corrected chi connectivity index (χ2v) is 3.30. The largest absolute Gasteiger partial charge is 0.268 e. The van der Waals surface area contributed by atoms with E-state index in [2.05, 4.69) is 12.0 Å². The highest BCUT2D eigenvalue weighted by Gasteiger charge is 2.05. The molecule has 0 atom stereocenters. The van der Waals surface area contributed by atoms with Gasteiger partial charge in [0.1, 0.15) is 0 Å². The third-order valence-corrected chi connectivity index (χ3v) is 2.38. The monoisotopic (exact) mass is 210 g/mol. The van der Waals surface area contributed by atoms with Crippen LogP contribution in [-0.4, -0.2) is 9.78 Å². The van der Waals surface area contributed by atoms with Crippen LogP contribution in [0.15, 0.2) is 18.3 Å². The Hall–Kier alpha value is -1.02. The Bertz CT molecular complexity index is 432. The molecule has 2 rings (SSSR count). The zero-order valence-corrected chi connectivity index (χ0v) is 9.76. The van der Waals surface area contributed by atoms with Crippen LogP contribution >= 0.6 is 11.6 Å². The fourth-order valence-corrected chi connectivity index (χ4v) is 1.65. The van der Waals surface area contributed by atoms with Crippen molar-refractivity contribution in [3.05, 3.63) is 28.9 Å². The fourth-order valence-electron chi connectivity index (χ4n) is 1.45. The van der Waals surface area contributed by atoms with E-state index in [4.69, 9.17) is 11.6 Å². The van der Waals surface area contributed by atoms with Crippen LogP contribution in [-0.2, 0) is 7.05 Å². The summed E-state index contributed by atoms with van der Waals surface area (Å²) >= 11 is 5.99. The van der Waals surface area contributed by atoms with Crippen molar-refractivity contribution in [3.8, 4) is 0 Å². The van der Waals surface area contributed by atoms with Crippen molar-refractivity contribution in [1.82, 2.24) is 9.78 Å². The number of benzene rings is 1. The second kappa shape index (κ2) is 4.47. The van der Waals surface area contributed by atoms with Gasteiger partial charge in [0.25, 0.3) is 0 Å². The summed E-state index contributed by atoms with van der Waals surface area (Å²) < 4.78 is 1.84. The molecule has 0 bridgehead atoms. The molecule has 0 spiro atoms. The Balaban J connectivity index is 0.000000461. The van der Waals surface area contributed by atoms with Crippen LogP contribution in [0, 0.1) is 6.92 Å². The van der Waals surface area contributed by atoms with Crippen molar-refractivity contribution in [2.24, 2.45) is 7.05 Å². The lowest BCUT2D eigenvalue weighted by atomic mass is 10.2. The lowest BCUT2D eigenvalue weighted by Gasteiger charge is -1.99. The van der Waals surface area contributed by atoms with E-state index in [1.165, 1.54) is 5.56 Å². The predicted molar refractivity (Wildman–Crippen MR) is 61.8 cm³/mol. The molecule has 0 aliphatic carbocycles. The van der Waals surface area contributed by atoms with E-state index in [1.54, 1.807) is 6.20 Å². The van der Waals surface area contributed by atoms with Crippen LogP contribution in [0.2, 0.25) is 5.02 Å². The zero-order valence-electron chi connectivity index (χ0n) is 9.00. The van der Waals surface area contributed by atoms with E-state index < -0.39 is 0 Å². The molecule has 0 saturated heterocycles. The van der Waals surface area contributed by atoms with Gasteiger partial charge < -0.3 is 0 Å². The van der Waals surface area contributed by atoms with Crippen LogP contribution < -0.4 is 0 Å². The van der Waals surface area contributed by atoms with Gasteiger partial charge in [-0.3, -0.25) is 4.68 Å². The molecule has 0 amide bonds. The van der Waals surface area contributed by atoms with Gasteiger partial charge in [-0.25, -0.2) is 0 Å². The number of hydrogen-bond donors (Lipinski definition) is 0. The summed E-state index contributed by atoms with van der Waals surface area (Å²) in [6.07, 6.45) is 1.80. The van der Waals surface area contributed by atoms with Gasteiger partial charge in [0.2, 0.25) is 0 Å². The molecule has 2 aromatic rings. The van der Waals surface area contributed by atoms with Gasteiger partial charge in [0.15, 0.2) is 0 Å². The molecule has 1 heterocycles. The first-order chi connectivity index (χ1) is 6.70. The summed E-state index contributed by atoms with van der Waals surface area (Å²) in [4.78, 5) is 0. The minimum Gasteiger partial charge on any atom is -0.268 e. The van der Waals surface area contributed by atoms with Crippen molar-refractivity contribution >= 4 is 22.5 Å². The van der Waals surface area contributed by atoms with Crippen molar-refractivity contribution < 1.29 is 0 Å². The Morgan fingerprint density at radius 3 is 2.50 bits per heavy atom. The van der Waals surface area contributed by atoms with Crippen molar-refractivity contribution in [3.63, 3.8) is 0 Å². The smallest absolute Gasteiger partial charge is 0.0723 e.